The molecule has 3 aromatic rings. The molecule has 0 atom stereocenters. The zero-order valence-corrected chi connectivity index (χ0v) is 17.9. The molecule has 1 aromatic heterocycles. The predicted octanol–water partition coefficient (Wildman–Crippen LogP) is 4.45. The van der Waals surface area contributed by atoms with Gasteiger partial charge in [-0.05, 0) is 37.3 Å². The van der Waals surface area contributed by atoms with Gasteiger partial charge in [0.25, 0.3) is 0 Å². The second kappa shape index (κ2) is 8.49. The second-order valence-corrected chi connectivity index (χ2v) is 8.72. The number of carbonyl (C=O) groups excluding carboxylic acids is 1. The van der Waals surface area contributed by atoms with Crippen molar-refractivity contribution in [1.82, 2.24) is 9.29 Å². The van der Waals surface area contributed by atoms with Gasteiger partial charge < -0.3 is 4.74 Å². The van der Waals surface area contributed by atoms with Crippen molar-refractivity contribution in [2.24, 2.45) is 0 Å². The number of sulfonamides is 1. The molecule has 0 aliphatic carbocycles. The van der Waals surface area contributed by atoms with E-state index in [9.17, 15) is 13.2 Å². The van der Waals surface area contributed by atoms with E-state index < -0.39 is 16.0 Å². The van der Waals surface area contributed by atoms with Crippen LogP contribution in [0.4, 0.5) is 0 Å². The van der Waals surface area contributed by atoms with Crippen molar-refractivity contribution in [2.45, 2.75) is 25.7 Å². The number of carbonyl (C=O) groups is 1. The fraction of sp³-hybridized carbons (Fsp3) is 0.238. The molecule has 0 bridgehead atoms. The summed E-state index contributed by atoms with van der Waals surface area (Å²) < 4.78 is 32.5. The summed E-state index contributed by atoms with van der Waals surface area (Å²) in [7, 11) is -3.82. The normalized spacial score (nSPS) is 11.8. The Bertz CT molecular complexity index is 1170. The third-order valence-corrected chi connectivity index (χ3v) is 7.05. The van der Waals surface area contributed by atoms with E-state index in [0.29, 0.717) is 24.4 Å². The Labute approximate surface area is 175 Å². The first-order chi connectivity index (χ1) is 13.8. The maximum absolute atomic E-state index is 12.8. The highest BCUT2D eigenvalue weighted by Crippen LogP contribution is 2.28. The highest BCUT2D eigenvalue weighted by Gasteiger charge is 2.26. The first-order valence-electron chi connectivity index (χ1n) is 9.16. The van der Waals surface area contributed by atoms with Crippen LogP contribution in [0.3, 0.4) is 0 Å². The average Bonchev–Trinajstić information content (AvgIpc) is 2.69. The number of hydrogen-bond acceptors (Lipinski definition) is 5. The second-order valence-electron chi connectivity index (χ2n) is 6.40. The summed E-state index contributed by atoms with van der Waals surface area (Å²) in [5.41, 5.74) is 1.44. The summed E-state index contributed by atoms with van der Waals surface area (Å²) in [5, 5.41) is 0.887. The number of aryl methyl sites for hydroxylation is 1. The molecule has 8 heteroatoms. The van der Waals surface area contributed by atoms with Crippen LogP contribution in [0.1, 0.15) is 29.9 Å². The van der Waals surface area contributed by atoms with Crippen LogP contribution in [0.2, 0.25) is 5.02 Å². The number of aromatic nitrogens is 1. The van der Waals surface area contributed by atoms with Crippen molar-refractivity contribution < 1.29 is 17.9 Å². The summed E-state index contributed by atoms with van der Waals surface area (Å²) in [6, 6.07) is 13.1. The molecule has 152 valence electrons. The Hall–Kier alpha value is -2.48. The van der Waals surface area contributed by atoms with Crippen LogP contribution in [0, 0.1) is 6.92 Å². The number of benzene rings is 2. The Kier molecular flexibility index (Phi) is 6.21. The van der Waals surface area contributed by atoms with Crippen LogP contribution in [-0.4, -0.2) is 36.8 Å². The summed E-state index contributed by atoms with van der Waals surface area (Å²) in [6.07, 6.45) is 0. The van der Waals surface area contributed by atoms with E-state index in [-0.39, 0.29) is 15.5 Å². The molecule has 0 aliphatic rings. The predicted molar refractivity (Wildman–Crippen MR) is 113 cm³/mol. The molecular weight excluding hydrogens is 412 g/mol. The Morgan fingerprint density at radius 3 is 2.52 bits per heavy atom. The van der Waals surface area contributed by atoms with Gasteiger partial charge in [-0.25, -0.2) is 18.2 Å². The minimum Gasteiger partial charge on any atom is -0.421 e. The fourth-order valence-corrected chi connectivity index (χ4v) is 4.95. The molecule has 2 aromatic carbocycles. The van der Waals surface area contributed by atoms with Crippen LogP contribution in [0.15, 0.2) is 53.4 Å². The highest BCUT2D eigenvalue weighted by atomic mass is 35.5. The summed E-state index contributed by atoms with van der Waals surface area (Å²) in [4.78, 5) is 17.1. The lowest BCUT2D eigenvalue weighted by Crippen LogP contribution is -2.31. The lowest BCUT2D eigenvalue weighted by atomic mass is 10.2. The van der Waals surface area contributed by atoms with Crippen molar-refractivity contribution in [3.63, 3.8) is 0 Å². The van der Waals surface area contributed by atoms with Crippen molar-refractivity contribution in [1.29, 1.82) is 0 Å². The minimum absolute atomic E-state index is 0.0518. The quantitative estimate of drug-likeness (QED) is 0.425. The number of esters is 1. The average molecular weight is 433 g/mol. The maximum Gasteiger partial charge on any atom is 0.343 e. The van der Waals surface area contributed by atoms with E-state index in [0.717, 1.165) is 11.1 Å². The van der Waals surface area contributed by atoms with Crippen LogP contribution < -0.4 is 4.74 Å². The maximum atomic E-state index is 12.8. The van der Waals surface area contributed by atoms with Gasteiger partial charge in [0.2, 0.25) is 10.0 Å². The van der Waals surface area contributed by atoms with Crippen LogP contribution >= 0.6 is 11.6 Å². The zero-order valence-electron chi connectivity index (χ0n) is 16.3. The summed E-state index contributed by atoms with van der Waals surface area (Å²) in [6.45, 7) is 5.92. The monoisotopic (exact) mass is 432 g/mol. The van der Waals surface area contributed by atoms with Crippen molar-refractivity contribution in [3.8, 4) is 5.75 Å². The third kappa shape index (κ3) is 4.27. The topological polar surface area (TPSA) is 76.6 Å². The molecule has 0 aliphatic heterocycles. The number of nitrogens with zero attached hydrogens (tertiary/aromatic N) is 2. The van der Waals surface area contributed by atoms with Gasteiger partial charge in [-0.1, -0.05) is 43.6 Å². The highest BCUT2D eigenvalue weighted by molar-refractivity contribution is 7.89. The van der Waals surface area contributed by atoms with Gasteiger partial charge in [0.15, 0.2) is 5.75 Å². The number of halogens is 1. The van der Waals surface area contributed by atoms with Gasteiger partial charge in [0.1, 0.15) is 10.4 Å². The third-order valence-electron chi connectivity index (χ3n) is 4.52. The molecule has 0 unspecified atom stereocenters. The van der Waals surface area contributed by atoms with Crippen molar-refractivity contribution >= 4 is 38.5 Å². The summed E-state index contributed by atoms with van der Waals surface area (Å²) in [5.74, 6) is -0.382. The fourth-order valence-electron chi connectivity index (χ4n) is 2.99. The number of pyridine rings is 1. The lowest BCUT2D eigenvalue weighted by Gasteiger charge is -2.19. The molecule has 6 nitrogen and oxygen atoms in total. The molecule has 0 spiro atoms. The van der Waals surface area contributed by atoms with E-state index in [1.165, 1.54) is 22.5 Å². The number of rotatable bonds is 6. The van der Waals surface area contributed by atoms with E-state index in [4.69, 9.17) is 16.3 Å². The Balaban J connectivity index is 1.99. The van der Waals surface area contributed by atoms with Gasteiger partial charge in [0, 0.05) is 24.2 Å². The first kappa shape index (κ1) is 21.2. The van der Waals surface area contributed by atoms with E-state index >= 15 is 0 Å². The lowest BCUT2D eigenvalue weighted by molar-refractivity contribution is 0.0736. The number of ether oxygens (including phenoxy) is 1. The number of hydrogen-bond donors (Lipinski definition) is 0. The molecular formula is C21H21ClN2O4S. The molecule has 0 radical (unpaired) electrons. The van der Waals surface area contributed by atoms with Gasteiger partial charge in [-0.3, -0.25) is 0 Å². The van der Waals surface area contributed by atoms with Gasteiger partial charge in [0.05, 0.1) is 10.6 Å². The molecule has 0 amide bonds. The van der Waals surface area contributed by atoms with Gasteiger partial charge in [-0.2, -0.15) is 4.31 Å². The molecule has 29 heavy (non-hydrogen) atoms. The zero-order chi connectivity index (χ0) is 21.2. The Morgan fingerprint density at radius 1 is 1.10 bits per heavy atom. The van der Waals surface area contributed by atoms with Gasteiger partial charge >= 0.3 is 5.97 Å². The summed E-state index contributed by atoms with van der Waals surface area (Å²) >= 11 is 6.13. The van der Waals surface area contributed by atoms with Crippen molar-refractivity contribution in [3.05, 3.63) is 64.8 Å². The van der Waals surface area contributed by atoms with Gasteiger partial charge in [-0.15, -0.1) is 0 Å². The van der Waals surface area contributed by atoms with E-state index in [1.54, 1.807) is 26.0 Å². The minimum atomic E-state index is -3.82. The largest absolute Gasteiger partial charge is 0.421 e. The van der Waals surface area contributed by atoms with Crippen molar-refractivity contribution in [2.75, 3.05) is 13.1 Å². The molecule has 3 rings (SSSR count). The smallest absolute Gasteiger partial charge is 0.343 e. The molecule has 0 N–H and O–H groups in total. The van der Waals surface area contributed by atoms with Crippen LogP contribution in [0.25, 0.3) is 10.9 Å². The molecule has 0 saturated heterocycles. The standard InChI is InChI=1S/C21H21ClN2O4S/c1-4-24(5-2)29(26,27)19-13-16(11-12-17(19)22)21(25)28-18-8-6-7-15-10-9-14(3)23-20(15)18/h6-13H,4-5H2,1-3H3. The van der Waals surface area contributed by atoms with Crippen LogP contribution in [-0.2, 0) is 10.0 Å². The first-order valence-corrected chi connectivity index (χ1v) is 11.0. The SMILES string of the molecule is CCN(CC)S(=O)(=O)c1cc(C(=O)Oc2cccc3ccc(C)nc23)ccc1Cl. The molecule has 1 heterocycles. The number of fused-ring (bicyclic) bond motifs is 1. The van der Waals surface area contributed by atoms with E-state index in [2.05, 4.69) is 4.98 Å². The molecule has 0 fully saturated rings. The number of para-hydroxylation sites is 1. The molecule has 0 saturated carbocycles. The van der Waals surface area contributed by atoms with E-state index in [1.807, 2.05) is 25.1 Å². The Morgan fingerprint density at radius 2 is 1.83 bits per heavy atom. The van der Waals surface area contributed by atoms with Crippen LogP contribution in [0.5, 0.6) is 5.75 Å².